The molecule has 8 N–H and O–H groups in total. The van der Waals surface area contributed by atoms with Crippen LogP contribution in [0.1, 0.15) is 13.3 Å². The highest BCUT2D eigenvalue weighted by atomic mass is 16.4. The molecule has 0 amide bonds. The first kappa shape index (κ1) is 15.9. The largest absolute Gasteiger partial charge is 0.475 e. The van der Waals surface area contributed by atoms with Gasteiger partial charge in [-0.25, -0.2) is 4.79 Å². The molecule has 17 heavy (non-hydrogen) atoms. The lowest BCUT2D eigenvalue weighted by atomic mass is 9.94. The first-order chi connectivity index (χ1) is 7.68. The molecular weight excluding hydrogens is 232 g/mol. The Labute approximate surface area is 97.8 Å². The number of hydrogen-bond acceptors (Lipinski definition) is 7. The van der Waals surface area contributed by atoms with E-state index in [0.29, 0.717) is 0 Å². The Morgan fingerprint density at radius 3 is 1.94 bits per heavy atom. The summed E-state index contributed by atoms with van der Waals surface area (Å²) in [5.41, 5.74) is 10.8. The molecule has 0 spiro atoms. The highest BCUT2D eigenvalue weighted by molar-refractivity contribution is 6.32. The number of ketones is 1. The monoisotopic (exact) mass is 250 g/mol. The number of hydrogen-bond donors (Lipinski definition) is 6. The molecule has 0 saturated heterocycles. The topological polar surface area (TPSA) is 167 Å². The number of aliphatic hydroxyl groups is 3. The molecule has 0 aromatic rings. The molecule has 0 saturated carbocycles. The molecule has 0 aliphatic heterocycles. The minimum absolute atomic E-state index is 0.722. The Bertz CT molecular complexity index is 283. The van der Waals surface area contributed by atoms with Gasteiger partial charge in [-0.3, -0.25) is 4.79 Å². The Balaban J connectivity index is 4.44. The lowest BCUT2D eigenvalue weighted by molar-refractivity contribution is -0.150. The number of carbonyl (C=O) groups is 2. The smallest absolute Gasteiger partial charge is 0.372 e. The molecule has 0 unspecified atom stereocenters. The highest BCUT2D eigenvalue weighted by Crippen LogP contribution is 2.07. The van der Waals surface area contributed by atoms with Crippen LogP contribution in [0.5, 0.6) is 0 Å². The molecule has 0 heterocycles. The summed E-state index contributed by atoms with van der Waals surface area (Å²) in [5, 5.41) is 36.4. The van der Waals surface area contributed by atoms with Crippen molar-refractivity contribution in [2.45, 2.75) is 43.7 Å². The van der Waals surface area contributed by atoms with Crippen LogP contribution in [0.15, 0.2) is 0 Å². The van der Waals surface area contributed by atoms with Gasteiger partial charge in [-0.1, -0.05) is 0 Å². The molecule has 100 valence electrons. The first-order valence-electron chi connectivity index (χ1n) is 5.00. The normalized spacial score (nSPS) is 20.1. The van der Waals surface area contributed by atoms with Crippen molar-refractivity contribution in [1.82, 2.24) is 0 Å². The van der Waals surface area contributed by atoms with Gasteiger partial charge >= 0.3 is 5.97 Å². The molecular formula is C9H18N2O6. The van der Waals surface area contributed by atoms with Gasteiger partial charge in [-0.2, -0.15) is 0 Å². The number of aliphatic carboxylic acids is 1. The van der Waals surface area contributed by atoms with E-state index in [0.717, 1.165) is 0 Å². The Hall–Kier alpha value is -1.06. The van der Waals surface area contributed by atoms with Crippen molar-refractivity contribution in [3.8, 4) is 0 Å². The van der Waals surface area contributed by atoms with Gasteiger partial charge in [0.25, 0.3) is 0 Å². The van der Waals surface area contributed by atoms with Crippen LogP contribution in [0.25, 0.3) is 0 Å². The SMILES string of the molecule is C[C@H](O)[C@@H](N)[C@H](O)[C@H](N)[C@@H](O)CC(=O)C(=O)O. The summed E-state index contributed by atoms with van der Waals surface area (Å²) in [6.45, 7) is 1.33. The minimum Gasteiger partial charge on any atom is -0.475 e. The quantitative estimate of drug-likeness (QED) is 0.257. The summed E-state index contributed by atoms with van der Waals surface area (Å²) >= 11 is 0. The fraction of sp³-hybridized carbons (Fsp3) is 0.778. The lowest BCUT2D eigenvalue weighted by Crippen LogP contribution is -2.56. The number of rotatable bonds is 7. The van der Waals surface area contributed by atoms with Gasteiger partial charge in [0.2, 0.25) is 5.78 Å². The van der Waals surface area contributed by atoms with Gasteiger partial charge in [0.05, 0.1) is 30.4 Å². The molecule has 0 aromatic heterocycles. The van der Waals surface area contributed by atoms with Gasteiger partial charge in [-0.05, 0) is 6.92 Å². The van der Waals surface area contributed by atoms with Crippen molar-refractivity contribution in [3.63, 3.8) is 0 Å². The Kier molecular flexibility index (Phi) is 6.21. The number of carboxylic acid groups (broad SMARTS) is 1. The van der Waals surface area contributed by atoms with E-state index in [1.807, 2.05) is 0 Å². The van der Waals surface area contributed by atoms with E-state index in [9.17, 15) is 19.8 Å². The second-order valence-electron chi connectivity index (χ2n) is 3.89. The van der Waals surface area contributed by atoms with Crippen molar-refractivity contribution < 1.29 is 30.0 Å². The van der Waals surface area contributed by atoms with E-state index in [-0.39, 0.29) is 0 Å². The molecule has 0 aliphatic carbocycles. The lowest BCUT2D eigenvalue weighted by Gasteiger charge is -2.29. The molecule has 0 radical (unpaired) electrons. The third-order valence-electron chi connectivity index (χ3n) is 2.42. The van der Waals surface area contributed by atoms with Crippen molar-refractivity contribution >= 4 is 11.8 Å². The van der Waals surface area contributed by atoms with Crippen molar-refractivity contribution in [2.24, 2.45) is 11.5 Å². The third-order valence-corrected chi connectivity index (χ3v) is 2.42. The second kappa shape index (κ2) is 6.62. The standard InChI is InChI=1S/C9H18N2O6/c1-3(12)6(10)8(15)7(11)4(13)2-5(14)9(16)17/h3-4,6-8,12-13,15H,2,10-11H2,1H3,(H,16,17)/t3-,4-,6+,7+,8-/m0/s1. The van der Waals surface area contributed by atoms with Gasteiger partial charge in [-0.15, -0.1) is 0 Å². The summed E-state index contributed by atoms with van der Waals surface area (Å²) in [4.78, 5) is 21.0. The van der Waals surface area contributed by atoms with Crippen LogP contribution >= 0.6 is 0 Å². The van der Waals surface area contributed by atoms with Crippen molar-refractivity contribution in [1.29, 1.82) is 0 Å². The van der Waals surface area contributed by atoms with E-state index in [1.54, 1.807) is 0 Å². The van der Waals surface area contributed by atoms with E-state index in [2.05, 4.69) is 0 Å². The number of carboxylic acids is 1. The van der Waals surface area contributed by atoms with Crippen LogP contribution in [0, 0.1) is 0 Å². The van der Waals surface area contributed by atoms with Gasteiger partial charge in [0.1, 0.15) is 0 Å². The van der Waals surface area contributed by atoms with Crippen molar-refractivity contribution in [2.75, 3.05) is 0 Å². The molecule has 8 heteroatoms. The molecule has 0 fully saturated rings. The maximum Gasteiger partial charge on any atom is 0.372 e. The fourth-order valence-electron chi connectivity index (χ4n) is 1.18. The Morgan fingerprint density at radius 2 is 1.59 bits per heavy atom. The molecule has 0 aromatic carbocycles. The summed E-state index contributed by atoms with van der Waals surface area (Å²) in [5.74, 6) is -2.91. The zero-order valence-corrected chi connectivity index (χ0v) is 9.35. The maximum absolute atomic E-state index is 10.8. The van der Waals surface area contributed by atoms with Crippen LogP contribution < -0.4 is 11.5 Å². The average molecular weight is 250 g/mol. The molecule has 0 bridgehead atoms. The molecule has 0 aliphatic rings. The summed E-state index contributed by atoms with van der Waals surface area (Å²) in [6, 6.07) is -2.41. The second-order valence-corrected chi connectivity index (χ2v) is 3.89. The minimum atomic E-state index is -1.69. The number of aliphatic hydroxyl groups excluding tert-OH is 3. The molecule has 8 nitrogen and oxygen atoms in total. The zero-order chi connectivity index (χ0) is 13.7. The molecule has 5 atom stereocenters. The Morgan fingerprint density at radius 1 is 1.12 bits per heavy atom. The van der Waals surface area contributed by atoms with Crippen LogP contribution in [0.2, 0.25) is 0 Å². The van der Waals surface area contributed by atoms with Crippen molar-refractivity contribution in [3.05, 3.63) is 0 Å². The number of Topliss-reactive ketones (excluding diaryl/α,β-unsaturated/α-hetero) is 1. The predicted molar refractivity (Wildman–Crippen MR) is 56.9 cm³/mol. The van der Waals surface area contributed by atoms with E-state index in [1.165, 1.54) is 6.92 Å². The van der Waals surface area contributed by atoms with Crippen LogP contribution in [-0.4, -0.2) is 62.6 Å². The van der Waals surface area contributed by atoms with Crippen LogP contribution in [0.3, 0.4) is 0 Å². The number of nitrogens with two attached hydrogens (primary N) is 2. The summed E-state index contributed by atoms with van der Waals surface area (Å²) < 4.78 is 0. The average Bonchev–Trinajstić information content (AvgIpc) is 2.25. The van der Waals surface area contributed by atoms with Crippen LogP contribution in [-0.2, 0) is 9.59 Å². The highest BCUT2D eigenvalue weighted by Gasteiger charge is 2.32. The van der Waals surface area contributed by atoms with Crippen LogP contribution in [0.4, 0.5) is 0 Å². The van der Waals surface area contributed by atoms with Gasteiger partial charge in [0.15, 0.2) is 0 Å². The summed E-state index contributed by atoms with van der Waals surface area (Å²) in [6.07, 6.45) is -4.77. The van der Waals surface area contributed by atoms with E-state index < -0.39 is 48.6 Å². The first-order valence-corrected chi connectivity index (χ1v) is 5.00. The van der Waals surface area contributed by atoms with Gasteiger partial charge < -0.3 is 31.9 Å². The van der Waals surface area contributed by atoms with E-state index in [4.69, 9.17) is 21.7 Å². The fourth-order valence-corrected chi connectivity index (χ4v) is 1.18. The predicted octanol–water partition coefficient (Wildman–Crippen LogP) is -3.21. The van der Waals surface area contributed by atoms with E-state index >= 15 is 0 Å². The summed E-state index contributed by atoms with van der Waals surface area (Å²) in [7, 11) is 0. The third kappa shape index (κ3) is 4.75. The molecule has 0 rings (SSSR count). The van der Waals surface area contributed by atoms with Gasteiger partial charge in [0, 0.05) is 6.42 Å². The maximum atomic E-state index is 10.8. The number of carbonyl (C=O) groups excluding carboxylic acids is 1. The zero-order valence-electron chi connectivity index (χ0n) is 9.35.